The highest BCUT2D eigenvalue weighted by molar-refractivity contribution is 5.79. The molecule has 2 N–H and O–H groups in total. The quantitative estimate of drug-likeness (QED) is 0.894. The normalized spacial score (nSPS) is 23.3. The molecular formula is C19H18N2O2. The molecule has 23 heavy (non-hydrogen) atoms. The van der Waals surface area contributed by atoms with E-state index < -0.39 is 5.54 Å². The summed E-state index contributed by atoms with van der Waals surface area (Å²) in [5.41, 5.74) is 1.64. The van der Waals surface area contributed by atoms with Gasteiger partial charge >= 0.3 is 6.03 Å². The summed E-state index contributed by atoms with van der Waals surface area (Å²) < 4.78 is 6.15. The Labute approximate surface area is 135 Å². The third kappa shape index (κ3) is 2.27. The topological polar surface area (TPSA) is 50.4 Å². The van der Waals surface area contributed by atoms with Crippen LogP contribution in [-0.4, -0.2) is 12.6 Å². The molecule has 2 heterocycles. The van der Waals surface area contributed by atoms with Crippen LogP contribution in [0.2, 0.25) is 0 Å². The average molecular weight is 306 g/mol. The number of urea groups is 1. The lowest BCUT2D eigenvalue weighted by Gasteiger charge is -2.34. The summed E-state index contributed by atoms with van der Waals surface area (Å²) in [6.45, 7) is 2.64. The predicted octanol–water partition coefficient (Wildman–Crippen LogP) is 3.27. The number of carbonyl (C=O) groups is 1. The first-order valence-corrected chi connectivity index (χ1v) is 7.79. The molecule has 1 fully saturated rings. The van der Waals surface area contributed by atoms with Gasteiger partial charge in [-0.3, -0.25) is 0 Å². The van der Waals surface area contributed by atoms with Gasteiger partial charge in [0.15, 0.2) is 0 Å². The molecule has 1 saturated heterocycles. The Bertz CT molecular complexity index is 785. The molecule has 1 unspecified atom stereocenters. The van der Waals surface area contributed by atoms with Crippen LogP contribution in [0.1, 0.15) is 24.0 Å². The zero-order chi connectivity index (χ0) is 15.9. The fraction of sp³-hybridized carbons (Fsp3) is 0.211. The highest BCUT2D eigenvalue weighted by Gasteiger charge is 2.43. The van der Waals surface area contributed by atoms with E-state index in [0.29, 0.717) is 6.54 Å². The Morgan fingerprint density at radius 2 is 1.83 bits per heavy atom. The summed E-state index contributed by atoms with van der Waals surface area (Å²) in [6.07, 6.45) is 2.05. The van der Waals surface area contributed by atoms with Crippen LogP contribution < -0.4 is 15.4 Å². The van der Waals surface area contributed by atoms with Gasteiger partial charge in [-0.05, 0) is 17.7 Å². The zero-order valence-electron chi connectivity index (χ0n) is 12.9. The largest absolute Gasteiger partial charge is 0.461 e. The lowest BCUT2D eigenvalue weighted by molar-refractivity contribution is 0.245. The molecule has 2 amide bonds. The number of fused-ring (bicyclic) bond motifs is 2. The number of benzene rings is 2. The molecule has 2 aliphatic heterocycles. The van der Waals surface area contributed by atoms with Gasteiger partial charge in [-0.15, -0.1) is 0 Å². The standard InChI is InChI=1S/C19H18N2O2/c1-13(14-7-3-2-4-8-14)17-11-19(12-20-18(22)21-19)15-9-5-6-10-16(15)23-17/h2-11,13H,12H2,1H3,(H2,20,21,22)/t13?,19-/m1/s1. The van der Waals surface area contributed by atoms with E-state index in [1.54, 1.807) is 0 Å². The zero-order valence-corrected chi connectivity index (χ0v) is 12.9. The van der Waals surface area contributed by atoms with Crippen molar-refractivity contribution < 1.29 is 9.53 Å². The lowest BCUT2D eigenvalue weighted by Crippen LogP contribution is -2.41. The van der Waals surface area contributed by atoms with Crippen molar-refractivity contribution >= 4 is 6.03 Å². The highest BCUT2D eigenvalue weighted by atomic mass is 16.5. The number of hydrogen-bond donors (Lipinski definition) is 2. The molecule has 4 nitrogen and oxygen atoms in total. The third-order valence-corrected chi connectivity index (χ3v) is 4.57. The molecule has 0 bridgehead atoms. The van der Waals surface area contributed by atoms with E-state index in [1.807, 2.05) is 48.5 Å². The molecule has 2 aromatic rings. The molecule has 0 aromatic heterocycles. The predicted molar refractivity (Wildman–Crippen MR) is 88.2 cm³/mol. The third-order valence-electron chi connectivity index (χ3n) is 4.57. The van der Waals surface area contributed by atoms with Crippen molar-refractivity contribution in [2.45, 2.75) is 18.4 Å². The van der Waals surface area contributed by atoms with Crippen LogP contribution in [0.5, 0.6) is 5.75 Å². The van der Waals surface area contributed by atoms with Gasteiger partial charge < -0.3 is 15.4 Å². The minimum Gasteiger partial charge on any atom is -0.461 e. The first kappa shape index (κ1) is 13.9. The monoisotopic (exact) mass is 306 g/mol. The van der Waals surface area contributed by atoms with E-state index in [0.717, 1.165) is 17.1 Å². The molecule has 2 atom stereocenters. The first-order valence-electron chi connectivity index (χ1n) is 7.79. The van der Waals surface area contributed by atoms with Gasteiger partial charge in [-0.2, -0.15) is 0 Å². The number of ether oxygens (including phenoxy) is 1. The summed E-state index contributed by atoms with van der Waals surface area (Å²) in [6, 6.07) is 18.0. The number of rotatable bonds is 2. The second-order valence-corrected chi connectivity index (χ2v) is 6.06. The summed E-state index contributed by atoms with van der Waals surface area (Å²) in [5, 5.41) is 5.93. The fourth-order valence-corrected chi connectivity index (χ4v) is 3.28. The van der Waals surface area contributed by atoms with Gasteiger partial charge in [0.1, 0.15) is 17.0 Å². The van der Waals surface area contributed by atoms with Crippen LogP contribution in [0, 0.1) is 0 Å². The molecule has 0 aliphatic carbocycles. The maximum absolute atomic E-state index is 11.8. The van der Waals surface area contributed by atoms with Crippen LogP contribution in [0.25, 0.3) is 0 Å². The van der Waals surface area contributed by atoms with E-state index >= 15 is 0 Å². The Hall–Kier alpha value is -2.75. The molecule has 1 spiro atoms. The minimum atomic E-state index is -0.537. The van der Waals surface area contributed by atoms with Crippen molar-refractivity contribution in [1.29, 1.82) is 0 Å². The number of allylic oxidation sites excluding steroid dienone is 1. The van der Waals surface area contributed by atoms with Gasteiger partial charge in [0.25, 0.3) is 0 Å². The molecule has 0 saturated carbocycles. The van der Waals surface area contributed by atoms with Crippen LogP contribution >= 0.6 is 0 Å². The number of amides is 2. The number of carbonyl (C=O) groups excluding carboxylic acids is 1. The van der Waals surface area contributed by atoms with E-state index in [4.69, 9.17) is 4.74 Å². The number of hydrogen-bond acceptors (Lipinski definition) is 2. The van der Waals surface area contributed by atoms with Crippen LogP contribution in [0.4, 0.5) is 4.79 Å². The SMILES string of the molecule is CC(C1=C[C@@]2(CNC(=O)N2)c2ccccc2O1)c1ccccc1. The Morgan fingerprint density at radius 3 is 2.57 bits per heavy atom. The summed E-state index contributed by atoms with van der Waals surface area (Å²) >= 11 is 0. The molecule has 4 heteroatoms. The second-order valence-electron chi connectivity index (χ2n) is 6.06. The minimum absolute atomic E-state index is 0.110. The summed E-state index contributed by atoms with van der Waals surface area (Å²) in [7, 11) is 0. The molecule has 4 rings (SSSR count). The van der Waals surface area contributed by atoms with Crippen LogP contribution in [0.15, 0.2) is 66.4 Å². The maximum atomic E-state index is 11.8. The summed E-state index contributed by atoms with van der Waals surface area (Å²) in [4.78, 5) is 11.8. The van der Waals surface area contributed by atoms with Crippen molar-refractivity contribution in [3.8, 4) is 5.75 Å². The number of para-hydroxylation sites is 1. The summed E-state index contributed by atoms with van der Waals surface area (Å²) in [5.74, 6) is 1.77. The Balaban J connectivity index is 1.79. The van der Waals surface area contributed by atoms with Crippen molar-refractivity contribution in [1.82, 2.24) is 10.6 Å². The highest BCUT2D eigenvalue weighted by Crippen LogP contribution is 2.41. The van der Waals surface area contributed by atoms with Gasteiger partial charge in [0.2, 0.25) is 0 Å². The van der Waals surface area contributed by atoms with Crippen LogP contribution in [0.3, 0.4) is 0 Å². The van der Waals surface area contributed by atoms with Crippen molar-refractivity contribution in [3.63, 3.8) is 0 Å². The van der Waals surface area contributed by atoms with Gasteiger partial charge in [-0.1, -0.05) is 55.5 Å². The van der Waals surface area contributed by atoms with Crippen molar-refractivity contribution in [2.75, 3.05) is 6.54 Å². The Morgan fingerprint density at radius 1 is 1.09 bits per heavy atom. The average Bonchev–Trinajstić information content (AvgIpc) is 2.96. The molecule has 116 valence electrons. The van der Waals surface area contributed by atoms with Gasteiger partial charge in [0.05, 0.1) is 6.54 Å². The van der Waals surface area contributed by atoms with Crippen molar-refractivity contribution in [3.05, 3.63) is 77.6 Å². The van der Waals surface area contributed by atoms with Gasteiger partial charge in [0, 0.05) is 11.5 Å². The Kier molecular flexibility index (Phi) is 3.11. The molecule has 0 radical (unpaired) electrons. The molecular weight excluding hydrogens is 288 g/mol. The second kappa shape index (κ2) is 5.16. The van der Waals surface area contributed by atoms with Crippen LogP contribution in [-0.2, 0) is 5.54 Å². The van der Waals surface area contributed by atoms with E-state index in [9.17, 15) is 4.79 Å². The lowest BCUT2D eigenvalue weighted by atomic mass is 9.85. The number of nitrogens with one attached hydrogen (secondary N) is 2. The van der Waals surface area contributed by atoms with E-state index in [-0.39, 0.29) is 11.9 Å². The fourth-order valence-electron chi connectivity index (χ4n) is 3.28. The van der Waals surface area contributed by atoms with Crippen molar-refractivity contribution in [2.24, 2.45) is 0 Å². The van der Waals surface area contributed by atoms with E-state index in [1.165, 1.54) is 5.56 Å². The smallest absolute Gasteiger partial charge is 0.315 e. The maximum Gasteiger partial charge on any atom is 0.315 e. The van der Waals surface area contributed by atoms with Gasteiger partial charge in [-0.25, -0.2) is 4.79 Å². The van der Waals surface area contributed by atoms with E-state index in [2.05, 4.69) is 29.7 Å². The first-order chi connectivity index (χ1) is 11.2. The molecule has 2 aliphatic rings. The molecule has 2 aromatic carbocycles.